The van der Waals surface area contributed by atoms with Gasteiger partial charge < -0.3 is 25.0 Å². The van der Waals surface area contributed by atoms with Gasteiger partial charge in [0.15, 0.2) is 11.6 Å². The van der Waals surface area contributed by atoms with Crippen molar-refractivity contribution in [3.8, 4) is 11.5 Å². The van der Waals surface area contributed by atoms with Gasteiger partial charge in [0, 0.05) is 25.7 Å². The zero-order valence-electron chi connectivity index (χ0n) is 19.2. The topological polar surface area (TPSA) is 111 Å². The van der Waals surface area contributed by atoms with E-state index in [4.69, 9.17) is 15.2 Å². The van der Waals surface area contributed by atoms with Crippen molar-refractivity contribution in [1.29, 1.82) is 0 Å². The third-order valence-electron chi connectivity index (χ3n) is 5.65. The number of piperidine rings is 1. The van der Waals surface area contributed by atoms with Crippen molar-refractivity contribution < 1.29 is 23.5 Å². The van der Waals surface area contributed by atoms with E-state index in [2.05, 4.69) is 14.9 Å². The highest BCUT2D eigenvalue weighted by Crippen LogP contribution is 2.34. The highest BCUT2D eigenvalue weighted by Gasteiger charge is 2.26. The molecule has 3 rings (SSSR count). The van der Waals surface area contributed by atoms with Crippen molar-refractivity contribution in [2.24, 2.45) is 11.7 Å². The lowest BCUT2D eigenvalue weighted by molar-refractivity contribution is 0.0713. The standard InChI is InChI=1S/C23H30FN5O4/c1-4-29(15(2)3)22(30)18-11-17(24)5-6-19(18)33-20-12-26-14-27-21(20)28-9-7-16(8-10-28)13-32-23(25)31/h5-6,11-12,14-16H,4,7-10,13H2,1-3H3,(H2,25,31). The Hall–Kier alpha value is -3.43. The molecule has 0 saturated carbocycles. The Bertz CT molecular complexity index is 979. The number of carbonyl (C=O) groups is 2. The Morgan fingerprint density at radius 1 is 1.27 bits per heavy atom. The van der Waals surface area contributed by atoms with Crippen LogP contribution in [-0.4, -0.2) is 59.2 Å². The first-order valence-electron chi connectivity index (χ1n) is 11.1. The third-order valence-corrected chi connectivity index (χ3v) is 5.65. The molecule has 1 aromatic carbocycles. The molecule has 178 valence electrons. The lowest BCUT2D eigenvalue weighted by Gasteiger charge is -2.33. The molecule has 0 aliphatic carbocycles. The molecule has 2 heterocycles. The Balaban J connectivity index is 1.81. The molecule has 1 aromatic heterocycles. The van der Waals surface area contributed by atoms with Gasteiger partial charge in [0.2, 0.25) is 0 Å². The number of rotatable bonds is 8. The van der Waals surface area contributed by atoms with Crippen LogP contribution in [0.1, 0.15) is 44.0 Å². The van der Waals surface area contributed by atoms with Crippen molar-refractivity contribution in [3.05, 3.63) is 42.1 Å². The average molecular weight is 460 g/mol. The normalized spacial score (nSPS) is 14.3. The van der Waals surface area contributed by atoms with Crippen LogP contribution in [-0.2, 0) is 4.74 Å². The quantitative estimate of drug-likeness (QED) is 0.642. The number of primary amides is 1. The number of hydrogen-bond acceptors (Lipinski definition) is 7. The lowest BCUT2D eigenvalue weighted by atomic mass is 9.98. The molecule has 2 amide bonds. The molecule has 9 nitrogen and oxygen atoms in total. The maximum atomic E-state index is 14.0. The molecule has 2 N–H and O–H groups in total. The molecular formula is C23H30FN5O4. The monoisotopic (exact) mass is 459 g/mol. The average Bonchev–Trinajstić information content (AvgIpc) is 2.79. The van der Waals surface area contributed by atoms with Gasteiger partial charge >= 0.3 is 6.09 Å². The van der Waals surface area contributed by atoms with E-state index in [-0.39, 0.29) is 29.2 Å². The van der Waals surface area contributed by atoms with Gasteiger partial charge in [0.1, 0.15) is 17.9 Å². The molecular weight excluding hydrogens is 429 g/mol. The van der Waals surface area contributed by atoms with Crippen molar-refractivity contribution in [2.45, 2.75) is 39.7 Å². The van der Waals surface area contributed by atoms with Gasteiger partial charge in [-0.3, -0.25) is 4.79 Å². The summed E-state index contributed by atoms with van der Waals surface area (Å²) in [5.41, 5.74) is 5.19. The van der Waals surface area contributed by atoms with E-state index >= 15 is 0 Å². The van der Waals surface area contributed by atoms with E-state index in [9.17, 15) is 14.0 Å². The summed E-state index contributed by atoms with van der Waals surface area (Å²) in [7, 11) is 0. The second-order valence-corrected chi connectivity index (χ2v) is 8.20. The number of amides is 2. The molecule has 0 spiro atoms. The zero-order valence-corrected chi connectivity index (χ0v) is 19.2. The third kappa shape index (κ3) is 6.09. The van der Waals surface area contributed by atoms with Crippen molar-refractivity contribution in [2.75, 3.05) is 31.1 Å². The molecule has 0 unspecified atom stereocenters. The maximum Gasteiger partial charge on any atom is 0.404 e. The molecule has 33 heavy (non-hydrogen) atoms. The molecule has 0 bridgehead atoms. The van der Waals surface area contributed by atoms with Crippen LogP contribution in [0.3, 0.4) is 0 Å². The van der Waals surface area contributed by atoms with Gasteiger partial charge in [-0.05, 0) is 57.7 Å². The number of aromatic nitrogens is 2. The van der Waals surface area contributed by atoms with Crippen molar-refractivity contribution in [1.82, 2.24) is 14.9 Å². The van der Waals surface area contributed by atoms with Crippen molar-refractivity contribution in [3.63, 3.8) is 0 Å². The van der Waals surface area contributed by atoms with E-state index in [0.29, 0.717) is 37.8 Å². The molecule has 1 aliphatic rings. The summed E-state index contributed by atoms with van der Waals surface area (Å²) >= 11 is 0. The summed E-state index contributed by atoms with van der Waals surface area (Å²) in [6.07, 6.45) is 3.77. The number of carbonyl (C=O) groups excluding carboxylic acids is 2. The summed E-state index contributed by atoms with van der Waals surface area (Å²) in [5, 5.41) is 0. The lowest BCUT2D eigenvalue weighted by Crippen LogP contribution is -2.37. The van der Waals surface area contributed by atoms with Gasteiger partial charge in [-0.15, -0.1) is 0 Å². The number of ether oxygens (including phenoxy) is 2. The van der Waals surface area contributed by atoms with Crippen LogP contribution >= 0.6 is 0 Å². The highest BCUT2D eigenvalue weighted by molar-refractivity contribution is 5.97. The summed E-state index contributed by atoms with van der Waals surface area (Å²) in [6.45, 7) is 7.81. The van der Waals surface area contributed by atoms with E-state index in [1.165, 1.54) is 30.7 Å². The van der Waals surface area contributed by atoms with Gasteiger partial charge in [-0.1, -0.05) is 0 Å². The fourth-order valence-electron chi connectivity index (χ4n) is 3.91. The number of nitrogens with zero attached hydrogens (tertiary/aromatic N) is 4. The van der Waals surface area contributed by atoms with E-state index in [1.807, 2.05) is 20.8 Å². The molecule has 10 heteroatoms. The number of hydrogen-bond donors (Lipinski definition) is 1. The summed E-state index contributed by atoms with van der Waals surface area (Å²) in [4.78, 5) is 36.1. The van der Waals surface area contributed by atoms with Crippen LogP contribution in [0, 0.1) is 11.7 Å². The predicted octanol–water partition coefficient (Wildman–Crippen LogP) is 3.59. The molecule has 1 saturated heterocycles. The smallest absolute Gasteiger partial charge is 0.404 e. The summed E-state index contributed by atoms with van der Waals surface area (Å²) in [5.74, 6) is 0.584. The first kappa shape index (κ1) is 24.2. The molecule has 2 aromatic rings. The van der Waals surface area contributed by atoms with Gasteiger partial charge in [-0.25, -0.2) is 19.2 Å². The summed E-state index contributed by atoms with van der Waals surface area (Å²) in [6, 6.07) is 3.84. The summed E-state index contributed by atoms with van der Waals surface area (Å²) < 4.78 is 25.0. The SMILES string of the molecule is CCN(C(=O)c1cc(F)ccc1Oc1cncnc1N1CCC(COC(N)=O)CC1)C(C)C. The Labute approximate surface area is 192 Å². The Kier molecular flexibility index (Phi) is 8.02. The van der Waals surface area contributed by atoms with Crippen LogP contribution in [0.4, 0.5) is 15.0 Å². The first-order valence-corrected chi connectivity index (χ1v) is 11.1. The van der Waals surface area contributed by atoms with Crippen molar-refractivity contribution >= 4 is 17.8 Å². The minimum atomic E-state index is -0.771. The van der Waals surface area contributed by atoms with Gasteiger partial charge in [0.25, 0.3) is 5.91 Å². The first-order chi connectivity index (χ1) is 15.8. The van der Waals surface area contributed by atoms with Crippen LogP contribution in [0.25, 0.3) is 0 Å². The largest absolute Gasteiger partial charge is 0.451 e. The molecule has 1 aliphatic heterocycles. The second kappa shape index (κ2) is 10.9. The molecule has 0 atom stereocenters. The van der Waals surface area contributed by atoms with Gasteiger partial charge in [0.05, 0.1) is 18.4 Å². The van der Waals surface area contributed by atoms with E-state index < -0.39 is 11.9 Å². The van der Waals surface area contributed by atoms with Crippen LogP contribution in [0.5, 0.6) is 11.5 Å². The molecule has 1 fully saturated rings. The minimum absolute atomic E-state index is 0.0472. The number of nitrogens with two attached hydrogens (primary N) is 1. The van der Waals surface area contributed by atoms with E-state index in [0.717, 1.165) is 12.8 Å². The van der Waals surface area contributed by atoms with Crippen LogP contribution < -0.4 is 15.4 Å². The Morgan fingerprint density at radius 2 is 2.00 bits per heavy atom. The number of halogens is 1. The fraction of sp³-hybridized carbons (Fsp3) is 0.478. The van der Waals surface area contributed by atoms with Crippen LogP contribution in [0.15, 0.2) is 30.7 Å². The fourth-order valence-corrected chi connectivity index (χ4v) is 3.91. The Morgan fingerprint density at radius 3 is 2.64 bits per heavy atom. The van der Waals surface area contributed by atoms with Gasteiger partial charge in [-0.2, -0.15) is 0 Å². The number of anilines is 1. The second-order valence-electron chi connectivity index (χ2n) is 8.20. The highest BCUT2D eigenvalue weighted by atomic mass is 19.1. The van der Waals surface area contributed by atoms with Crippen LogP contribution in [0.2, 0.25) is 0 Å². The maximum absolute atomic E-state index is 14.0. The predicted molar refractivity (Wildman–Crippen MR) is 121 cm³/mol. The van der Waals surface area contributed by atoms with E-state index in [1.54, 1.807) is 4.90 Å². The molecule has 0 radical (unpaired) electrons. The zero-order chi connectivity index (χ0) is 24.0. The number of benzene rings is 1. The minimum Gasteiger partial charge on any atom is -0.451 e.